The Kier molecular flexibility index (Phi) is 12.8. The monoisotopic (exact) mass is 237 g/mol. The number of hydrogen-bond acceptors (Lipinski definition) is 4. The zero-order valence-electron chi connectivity index (χ0n) is 3.23. The summed E-state index contributed by atoms with van der Waals surface area (Å²) >= 11 is 0. The molecule has 0 aliphatic rings. The molecule has 0 atom stereocenters. The molecule has 35 valence electrons. The molecule has 0 bridgehead atoms. The second-order valence-corrected chi connectivity index (χ2v) is 1.34. The molecule has 0 amide bonds. The molecule has 0 spiro atoms. The molecule has 7 heteroatoms. The van der Waals surface area contributed by atoms with Gasteiger partial charge in [0.15, 0.2) is 0 Å². The van der Waals surface area contributed by atoms with Crippen molar-refractivity contribution >= 4 is 51.0 Å². The molecule has 7 heavy (non-hydrogen) atoms. The SMILES string of the molecule is O=P([O-])([O-])[O-].[Al+3].[In]. The van der Waals surface area contributed by atoms with Crippen molar-refractivity contribution in [3.63, 3.8) is 0 Å². The first-order valence-corrected chi connectivity index (χ1v) is 2.19. The van der Waals surface area contributed by atoms with Crippen LogP contribution in [0.2, 0.25) is 0 Å². The van der Waals surface area contributed by atoms with Crippen LogP contribution in [0, 0.1) is 0 Å². The molecule has 0 saturated heterocycles. The van der Waals surface area contributed by atoms with Gasteiger partial charge in [0, 0.05) is 25.8 Å². The largest absolute Gasteiger partial charge is 3.00 e. The van der Waals surface area contributed by atoms with Crippen molar-refractivity contribution in [2.24, 2.45) is 0 Å². The van der Waals surface area contributed by atoms with E-state index in [4.69, 9.17) is 19.2 Å². The molecule has 0 aromatic heterocycles. The summed E-state index contributed by atoms with van der Waals surface area (Å²) in [7, 11) is -5.39. The van der Waals surface area contributed by atoms with Crippen LogP contribution >= 0.6 is 7.82 Å². The summed E-state index contributed by atoms with van der Waals surface area (Å²) in [6.45, 7) is 0. The summed E-state index contributed by atoms with van der Waals surface area (Å²) in [5.74, 6) is 0. The van der Waals surface area contributed by atoms with E-state index in [1.165, 1.54) is 0 Å². The topological polar surface area (TPSA) is 86.2 Å². The molecule has 0 aromatic carbocycles. The second-order valence-electron chi connectivity index (χ2n) is 0.447. The summed E-state index contributed by atoms with van der Waals surface area (Å²) < 4.78 is 8.55. The first-order chi connectivity index (χ1) is 2.00. The maximum atomic E-state index is 8.55. The van der Waals surface area contributed by atoms with Gasteiger partial charge >= 0.3 is 17.4 Å². The van der Waals surface area contributed by atoms with Gasteiger partial charge in [-0.05, 0) is 0 Å². The smallest absolute Gasteiger partial charge is 0.822 e. The Labute approximate surface area is 70.1 Å². The predicted molar refractivity (Wildman–Crippen MR) is 19.1 cm³/mol. The van der Waals surface area contributed by atoms with E-state index in [2.05, 4.69) is 0 Å². The quantitative estimate of drug-likeness (QED) is 0.322. The zero-order valence-corrected chi connectivity index (χ0v) is 8.58. The molecule has 0 aromatic rings. The van der Waals surface area contributed by atoms with Gasteiger partial charge in [-0.2, -0.15) is 7.82 Å². The van der Waals surface area contributed by atoms with Crippen LogP contribution in [0.15, 0.2) is 0 Å². The van der Waals surface area contributed by atoms with Crippen LogP contribution in [0.1, 0.15) is 0 Å². The molecular formula is AlInO4P. The van der Waals surface area contributed by atoms with Gasteiger partial charge in [0.1, 0.15) is 0 Å². The van der Waals surface area contributed by atoms with Crippen molar-refractivity contribution in [1.29, 1.82) is 0 Å². The van der Waals surface area contributed by atoms with Crippen LogP contribution in [0.4, 0.5) is 0 Å². The van der Waals surface area contributed by atoms with Gasteiger partial charge in [-0.25, -0.2) is 0 Å². The average Bonchev–Trinajstić information content (AvgIpc) is 0.722. The summed E-state index contributed by atoms with van der Waals surface area (Å²) in [6.07, 6.45) is 0. The number of rotatable bonds is 0. The van der Waals surface area contributed by atoms with Gasteiger partial charge in [0.05, 0.1) is 0 Å². The van der Waals surface area contributed by atoms with Crippen LogP contribution < -0.4 is 14.7 Å². The van der Waals surface area contributed by atoms with Crippen LogP contribution in [-0.4, -0.2) is 43.2 Å². The molecule has 0 rings (SSSR count). The van der Waals surface area contributed by atoms with E-state index >= 15 is 0 Å². The third kappa shape index (κ3) is 99.8. The van der Waals surface area contributed by atoms with E-state index < -0.39 is 7.82 Å². The second kappa shape index (κ2) is 5.65. The normalized spacial score (nSPS) is 8.43. The Bertz CT molecular complexity index is 57.8. The minimum Gasteiger partial charge on any atom is -0.822 e. The summed E-state index contributed by atoms with van der Waals surface area (Å²) in [5, 5.41) is 0. The number of hydrogen-bond donors (Lipinski definition) is 0. The summed E-state index contributed by atoms with van der Waals surface area (Å²) in [6, 6.07) is 0. The van der Waals surface area contributed by atoms with E-state index in [9.17, 15) is 0 Å². The van der Waals surface area contributed by atoms with E-state index in [1.54, 1.807) is 0 Å². The fraction of sp³-hybridized carbons (Fsp3) is 0. The van der Waals surface area contributed by atoms with Crippen LogP contribution in [-0.2, 0) is 4.57 Å². The molecule has 0 aliphatic carbocycles. The molecule has 3 radical (unpaired) electrons. The van der Waals surface area contributed by atoms with Crippen LogP contribution in [0.3, 0.4) is 0 Å². The Balaban J connectivity index is -0.0000000800. The third-order valence-corrected chi connectivity index (χ3v) is 0. The van der Waals surface area contributed by atoms with Crippen LogP contribution in [0.5, 0.6) is 0 Å². The van der Waals surface area contributed by atoms with Crippen molar-refractivity contribution in [2.75, 3.05) is 0 Å². The molecular weight excluding hydrogens is 237 g/mol. The first-order valence-electron chi connectivity index (χ1n) is 0.730. The Morgan fingerprint density at radius 3 is 1.14 bits per heavy atom. The maximum Gasteiger partial charge on any atom is 3.00 e. The van der Waals surface area contributed by atoms with E-state index in [0.717, 1.165) is 0 Å². The average molecular weight is 237 g/mol. The van der Waals surface area contributed by atoms with Gasteiger partial charge in [-0.3, -0.25) is 0 Å². The molecule has 0 heterocycles. The Morgan fingerprint density at radius 2 is 1.14 bits per heavy atom. The van der Waals surface area contributed by atoms with Crippen molar-refractivity contribution in [1.82, 2.24) is 0 Å². The minimum absolute atomic E-state index is 0. The minimum atomic E-state index is -5.39. The van der Waals surface area contributed by atoms with Crippen molar-refractivity contribution in [3.05, 3.63) is 0 Å². The van der Waals surface area contributed by atoms with Crippen LogP contribution in [0.25, 0.3) is 0 Å². The van der Waals surface area contributed by atoms with E-state index in [1.807, 2.05) is 0 Å². The van der Waals surface area contributed by atoms with Gasteiger partial charge in [-0.15, -0.1) is 0 Å². The van der Waals surface area contributed by atoms with Crippen molar-refractivity contribution in [3.8, 4) is 0 Å². The predicted octanol–water partition coefficient (Wildman–Crippen LogP) is -3.59. The van der Waals surface area contributed by atoms with Gasteiger partial charge < -0.3 is 19.2 Å². The summed E-state index contributed by atoms with van der Waals surface area (Å²) in [4.78, 5) is 25.6. The Morgan fingerprint density at radius 1 is 1.14 bits per heavy atom. The van der Waals surface area contributed by atoms with Gasteiger partial charge in [0.2, 0.25) is 0 Å². The molecule has 0 N–H and O–H groups in total. The summed E-state index contributed by atoms with van der Waals surface area (Å²) in [5.41, 5.74) is 0. The van der Waals surface area contributed by atoms with E-state index in [-0.39, 0.29) is 43.2 Å². The third-order valence-electron chi connectivity index (χ3n) is 0. The Hall–Kier alpha value is 1.51. The van der Waals surface area contributed by atoms with Crippen molar-refractivity contribution < 1.29 is 19.2 Å². The van der Waals surface area contributed by atoms with Gasteiger partial charge in [-0.1, -0.05) is 0 Å². The molecule has 0 fully saturated rings. The molecule has 0 unspecified atom stereocenters. The molecule has 4 nitrogen and oxygen atoms in total. The fourth-order valence-corrected chi connectivity index (χ4v) is 0. The fourth-order valence-electron chi connectivity index (χ4n) is 0. The first kappa shape index (κ1) is 15.8. The standard InChI is InChI=1S/Al.In.H3O4P/c;;1-5(2,3)4/h;;(H3,1,2,3,4)/q+3;;/p-3. The van der Waals surface area contributed by atoms with Crippen molar-refractivity contribution in [2.45, 2.75) is 0 Å². The number of phosphoric acid groups is 1. The van der Waals surface area contributed by atoms with Gasteiger partial charge in [0.25, 0.3) is 0 Å². The molecule has 0 saturated carbocycles. The molecule has 0 aliphatic heterocycles. The zero-order chi connectivity index (χ0) is 4.50. The van der Waals surface area contributed by atoms with E-state index in [0.29, 0.717) is 0 Å². The maximum absolute atomic E-state index is 8.55.